The van der Waals surface area contributed by atoms with Crippen LogP contribution in [0.1, 0.15) is 10.5 Å². The zero-order valence-corrected chi connectivity index (χ0v) is 10.4. The van der Waals surface area contributed by atoms with Crippen LogP contribution in [0.5, 0.6) is 0 Å². The molecule has 2 heterocycles. The van der Waals surface area contributed by atoms with Crippen molar-refractivity contribution in [2.24, 2.45) is 0 Å². The van der Waals surface area contributed by atoms with Crippen LogP contribution in [0.3, 0.4) is 0 Å². The lowest BCUT2D eigenvalue weighted by molar-refractivity contribution is 0.102. The normalized spacial score (nSPS) is 10.4. The molecule has 0 bridgehead atoms. The third-order valence-electron chi connectivity index (χ3n) is 2.85. The Balaban J connectivity index is 1.93. The highest BCUT2D eigenvalue weighted by Crippen LogP contribution is 2.22. The smallest absolute Gasteiger partial charge is 0.276 e. The highest BCUT2D eigenvalue weighted by Gasteiger charge is 2.10. The monoisotopic (exact) mass is 265 g/mol. The first-order chi connectivity index (χ1) is 9.74. The van der Waals surface area contributed by atoms with Crippen molar-refractivity contribution < 1.29 is 4.79 Å². The second kappa shape index (κ2) is 4.93. The number of carbonyl (C=O) groups is 1. The fourth-order valence-corrected chi connectivity index (χ4v) is 1.87. The predicted octanol–water partition coefficient (Wildman–Crippen LogP) is 1.86. The lowest BCUT2D eigenvalue weighted by atomic mass is 10.1. The Hall–Kier alpha value is -3.02. The number of pyridine rings is 1. The van der Waals surface area contributed by atoms with Crippen LogP contribution in [-0.4, -0.2) is 21.1 Å². The van der Waals surface area contributed by atoms with E-state index in [9.17, 15) is 4.79 Å². The Labute approximate surface area is 114 Å². The quantitative estimate of drug-likeness (QED) is 0.737. The maximum absolute atomic E-state index is 12.1. The van der Waals surface area contributed by atoms with Crippen LogP contribution in [0.15, 0.2) is 48.8 Å². The fourth-order valence-electron chi connectivity index (χ4n) is 1.87. The molecular formula is C14H11N5O. The van der Waals surface area contributed by atoms with Crippen molar-refractivity contribution in [1.82, 2.24) is 15.2 Å². The van der Waals surface area contributed by atoms with Crippen molar-refractivity contribution in [3.8, 4) is 0 Å². The van der Waals surface area contributed by atoms with E-state index >= 15 is 0 Å². The molecule has 0 atom stereocenters. The first kappa shape index (κ1) is 12.0. The van der Waals surface area contributed by atoms with Gasteiger partial charge in [0.15, 0.2) is 5.69 Å². The minimum absolute atomic E-state index is 0.208. The van der Waals surface area contributed by atoms with E-state index in [1.54, 1.807) is 12.4 Å². The van der Waals surface area contributed by atoms with E-state index in [-0.39, 0.29) is 17.4 Å². The number of hydrogen-bond acceptors (Lipinski definition) is 5. The average Bonchev–Trinajstić information content (AvgIpc) is 2.48. The molecule has 98 valence electrons. The predicted molar refractivity (Wildman–Crippen MR) is 76.1 cm³/mol. The molecule has 20 heavy (non-hydrogen) atoms. The molecule has 2 aromatic heterocycles. The molecule has 0 aliphatic heterocycles. The Morgan fingerprint density at radius 3 is 2.80 bits per heavy atom. The van der Waals surface area contributed by atoms with E-state index in [0.717, 1.165) is 10.8 Å². The van der Waals surface area contributed by atoms with E-state index in [1.807, 2.05) is 24.3 Å². The molecule has 0 spiro atoms. The van der Waals surface area contributed by atoms with Crippen molar-refractivity contribution in [3.63, 3.8) is 0 Å². The first-order valence-electron chi connectivity index (χ1n) is 5.97. The van der Waals surface area contributed by atoms with Crippen LogP contribution in [0.4, 0.5) is 11.5 Å². The molecule has 0 saturated heterocycles. The molecule has 3 rings (SSSR count). The molecule has 0 saturated carbocycles. The summed E-state index contributed by atoms with van der Waals surface area (Å²) < 4.78 is 0. The van der Waals surface area contributed by atoms with Gasteiger partial charge in [0.2, 0.25) is 0 Å². The highest BCUT2D eigenvalue weighted by atomic mass is 16.1. The molecule has 0 aliphatic carbocycles. The second-order valence-electron chi connectivity index (χ2n) is 4.20. The topological polar surface area (TPSA) is 93.8 Å². The van der Waals surface area contributed by atoms with Gasteiger partial charge >= 0.3 is 0 Å². The number of amides is 1. The van der Waals surface area contributed by atoms with Crippen LogP contribution >= 0.6 is 0 Å². The van der Waals surface area contributed by atoms with Gasteiger partial charge in [-0.1, -0.05) is 12.1 Å². The molecule has 1 amide bonds. The van der Waals surface area contributed by atoms with E-state index < -0.39 is 0 Å². The van der Waals surface area contributed by atoms with Crippen LogP contribution in [-0.2, 0) is 0 Å². The summed E-state index contributed by atoms with van der Waals surface area (Å²) in [5, 5.41) is 12.1. The number of hydrogen-bond donors (Lipinski definition) is 2. The number of benzene rings is 1. The van der Waals surface area contributed by atoms with Crippen molar-refractivity contribution in [1.29, 1.82) is 0 Å². The van der Waals surface area contributed by atoms with Crippen LogP contribution in [0, 0.1) is 0 Å². The van der Waals surface area contributed by atoms with Gasteiger partial charge in [-0.2, -0.15) is 0 Å². The van der Waals surface area contributed by atoms with E-state index in [1.165, 1.54) is 12.1 Å². The number of anilines is 2. The summed E-state index contributed by atoms with van der Waals surface area (Å²) in [5.41, 5.74) is 6.33. The molecule has 0 unspecified atom stereocenters. The second-order valence-corrected chi connectivity index (χ2v) is 4.20. The Morgan fingerprint density at radius 1 is 1.10 bits per heavy atom. The molecule has 0 fully saturated rings. The average molecular weight is 265 g/mol. The van der Waals surface area contributed by atoms with Gasteiger partial charge in [-0.05, 0) is 29.7 Å². The summed E-state index contributed by atoms with van der Waals surface area (Å²) in [5.74, 6) is -0.0650. The number of nitrogens with zero attached hydrogens (tertiary/aromatic N) is 3. The van der Waals surface area contributed by atoms with Gasteiger partial charge in [-0.3, -0.25) is 9.78 Å². The number of nitrogens with two attached hydrogens (primary N) is 1. The Kier molecular flexibility index (Phi) is 2.96. The zero-order chi connectivity index (χ0) is 13.9. The van der Waals surface area contributed by atoms with Crippen molar-refractivity contribution in [2.75, 3.05) is 11.1 Å². The van der Waals surface area contributed by atoms with Crippen LogP contribution in [0.2, 0.25) is 0 Å². The summed E-state index contributed by atoms with van der Waals surface area (Å²) in [7, 11) is 0. The van der Waals surface area contributed by atoms with Gasteiger partial charge in [-0.15, -0.1) is 10.2 Å². The number of nitrogen functional groups attached to an aromatic ring is 1. The summed E-state index contributed by atoms with van der Waals surface area (Å²) >= 11 is 0. The molecule has 3 aromatic rings. The standard InChI is InChI=1S/C14H11N5O/c15-13-5-4-12(18-19-13)14(20)17-11-3-1-2-9-6-7-16-8-10(9)11/h1-8H,(H2,15,19)(H,17,20). The summed E-state index contributed by atoms with van der Waals surface area (Å²) in [6.07, 6.45) is 3.42. The Morgan fingerprint density at radius 2 is 2.00 bits per heavy atom. The number of fused-ring (bicyclic) bond motifs is 1. The lowest BCUT2D eigenvalue weighted by Gasteiger charge is -2.07. The molecule has 0 aliphatic rings. The number of carbonyl (C=O) groups excluding carboxylic acids is 1. The summed E-state index contributed by atoms with van der Waals surface area (Å²) in [4.78, 5) is 16.2. The minimum atomic E-state index is -0.339. The van der Waals surface area contributed by atoms with Crippen molar-refractivity contribution >= 4 is 28.2 Å². The third-order valence-corrected chi connectivity index (χ3v) is 2.85. The molecular weight excluding hydrogens is 254 g/mol. The molecule has 6 nitrogen and oxygen atoms in total. The van der Waals surface area contributed by atoms with Gasteiger partial charge in [0.05, 0.1) is 5.69 Å². The van der Waals surface area contributed by atoms with Gasteiger partial charge in [0.1, 0.15) is 5.82 Å². The van der Waals surface area contributed by atoms with Gasteiger partial charge < -0.3 is 11.1 Å². The van der Waals surface area contributed by atoms with Crippen molar-refractivity contribution in [3.05, 3.63) is 54.5 Å². The lowest BCUT2D eigenvalue weighted by Crippen LogP contribution is -2.14. The van der Waals surface area contributed by atoms with Crippen LogP contribution < -0.4 is 11.1 Å². The van der Waals surface area contributed by atoms with E-state index in [2.05, 4.69) is 20.5 Å². The summed E-state index contributed by atoms with van der Waals surface area (Å²) in [6.45, 7) is 0. The SMILES string of the molecule is Nc1ccc(C(=O)Nc2cccc3ccncc23)nn1. The number of aromatic nitrogens is 3. The molecule has 3 N–H and O–H groups in total. The highest BCUT2D eigenvalue weighted by molar-refractivity contribution is 6.07. The first-order valence-corrected chi connectivity index (χ1v) is 5.97. The van der Waals surface area contributed by atoms with E-state index in [4.69, 9.17) is 5.73 Å². The zero-order valence-electron chi connectivity index (χ0n) is 10.4. The number of nitrogens with one attached hydrogen (secondary N) is 1. The molecule has 6 heteroatoms. The van der Waals surface area contributed by atoms with Crippen LogP contribution in [0.25, 0.3) is 10.8 Å². The Bertz CT molecular complexity index is 765. The largest absolute Gasteiger partial charge is 0.382 e. The third kappa shape index (κ3) is 2.26. The maximum atomic E-state index is 12.1. The molecule has 1 aromatic carbocycles. The van der Waals surface area contributed by atoms with Gasteiger partial charge in [0.25, 0.3) is 5.91 Å². The maximum Gasteiger partial charge on any atom is 0.276 e. The summed E-state index contributed by atoms with van der Waals surface area (Å²) in [6, 6.07) is 10.6. The number of rotatable bonds is 2. The van der Waals surface area contributed by atoms with E-state index in [0.29, 0.717) is 5.69 Å². The molecule has 0 radical (unpaired) electrons. The van der Waals surface area contributed by atoms with Gasteiger partial charge in [-0.25, -0.2) is 0 Å². The van der Waals surface area contributed by atoms with Crippen molar-refractivity contribution in [2.45, 2.75) is 0 Å². The fraction of sp³-hybridized carbons (Fsp3) is 0. The minimum Gasteiger partial charge on any atom is -0.382 e. The van der Waals surface area contributed by atoms with Gasteiger partial charge in [0, 0.05) is 17.8 Å².